The highest BCUT2D eigenvalue weighted by Crippen LogP contribution is 2.29. The van der Waals surface area contributed by atoms with Gasteiger partial charge in [-0.1, -0.05) is 23.2 Å². The molecule has 1 aromatic heterocycles. The van der Waals surface area contributed by atoms with Gasteiger partial charge in [-0.05, 0) is 25.1 Å². The van der Waals surface area contributed by atoms with E-state index in [0.29, 0.717) is 27.0 Å². The van der Waals surface area contributed by atoms with Gasteiger partial charge in [0.2, 0.25) is 5.95 Å². The van der Waals surface area contributed by atoms with Crippen molar-refractivity contribution in [3.05, 3.63) is 39.5 Å². The first kappa shape index (κ1) is 13.6. The molecule has 0 aliphatic heterocycles. The Labute approximate surface area is 119 Å². The van der Waals surface area contributed by atoms with Gasteiger partial charge in [0.05, 0.1) is 17.0 Å². The Morgan fingerprint density at radius 1 is 1.16 bits per heavy atom. The molecule has 98 valence electrons. The molecule has 0 saturated heterocycles. The maximum Gasteiger partial charge on any atom is 0.252 e. The zero-order valence-corrected chi connectivity index (χ0v) is 11.5. The summed E-state index contributed by atoms with van der Waals surface area (Å²) in [7, 11) is 0. The van der Waals surface area contributed by atoms with Crippen molar-refractivity contribution in [3.8, 4) is 11.3 Å². The molecule has 5 nitrogen and oxygen atoms in total. The van der Waals surface area contributed by atoms with E-state index < -0.39 is 5.91 Å². The van der Waals surface area contributed by atoms with Gasteiger partial charge in [0, 0.05) is 15.6 Å². The minimum atomic E-state index is -0.636. The Kier molecular flexibility index (Phi) is 3.59. The fourth-order valence-corrected chi connectivity index (χ4v) is 2.32. The van der Waals surface area contributed by atoms with Crippen molar-refractivity contribution in [1.82, 2.24) is 9.97 Å². The van der Waals surface area contributed by atoms with Gasteiger partial charge in [-0.25, -0.2) is 9.97 Å². The summed E-state index contributed by atoms with van der Waals surface area (Å²) in [4.78, 5) is 19.5. The molecule has 0 unspecified atom stereocenters. The maximum atomic E-state index is 11.5. The number of hydrogen-bond donors (Lipinski definition) is 2. The van der Waals surface area contributed by atoms with Crippen LogP contribution in [0, 0.1) is 6.92 Å². The number of nitrogens with zero attached hydrogens (tertiary/aromatic N) is 2. The predicted octanol–water partition coefficient (Wildman–Crippen LogP) is 2.44. The lowest BCUT2D eigenvalue weighted by atomic mass is 10.0. The largest absolute Gasteiger partial charge is 0.368 e. The summed E-state index contributed by atoms with van der Waals surface area (Å²) >= 11 is 11.9. The minimum Gasteiger partial charge on any atom is -0.368 e. The molecule has 0 atom stereocenters. The van der Waals surface area contributed by atoms with E-state index in [0.717, 1.165) is 0 Å². The van der Waals surface area contributed by atoms with Crippen molar-refractivity contribution in [1.29, 1.82) is 0 Å². The number of carbonyl (C=O) groups is 1. The SMILES string of the molecule is Cc1nc(N)nc(-c2cc(Cl)cc(Cl)c2)c1C(N)=O. The molecule has 19 heavy (non-hydrogen) atoms. The second-order valence-corrected chi connectivity index (χ2v) is 4.79. The van der Waals surface area contributed by atoms with E-state index in [9.17, 15) is 4.79 Å². The van der Waals surface area contributed by atoms with Crippen molar-refractivity contribution >= 4 is 35.1 Å². The van der Waals surface area contributed by atoms with Gasteiger partial charge in [-0.3, -0.25) is 4.79 Å². The van der Waals surface area contributed by atoms with Gasteiger partial charge in [0.15, 0.2) is 0 Å². The molecular weight excluding hydrogens is 287 g/mol. The highest BCUT2D eigenvalue weighted by Gasteiger charge is 2.17. The minimum absolute atomic E-state index is 0.0496. The fraction of sp³-hybridized carbons (Fsp3) is 0.0833. The molecular formula is C12H10Cl2N4O. The van der Waals surface area contributed by atoms with Gasteiger partial charge in [-0.15, -0.1) is 0 Å². The monoisotopic (exact) mass is 296 g/mol. The van der Waals surface area contributed by atoms with Crippen molar-refractivity contribution in [2.45, 2.75) is 6.92 Å². The van der Waals surface area contributed by atoms with E-state index in [2.05, 4.69) is 9.97 Å². The molecule has 1 aromatic carbocycles. The fourth-order valence-electron chi connectivity index (χ4n) is 1.79. The number of anilines is 1. The number of primary amides is 1. The first-order valence-corrected chi connectivity index (χ1v) is 6.04. The predicted molar refractivity (Wildman–Crippen MR) is 75.2 cm³/mol. The number of nitrogens with two attached hydrogens (primary N) is 2. The number of benzene rings is 1. The molecule has 1 heterocycles. The van der Waals surface area contributed by atoms with Crippen LogP contribution in [0.4, 0.5) is 5.95 Å². The summed E-state index contributed by atoms with van der Waals surface area (Å²) in [6.45, 7) is 1.63. The molecule has 2 aromatic rings. The van der Waals surface area contributed by atoms with Crippen LogP contribution in [0.15, 0.2) is 18.2 Å². The summed E-state index contributed by atoms with van der Waals surface area (Å²) in [5.74, 6) is -0.586. The van der Waals surface area contributed by atoms with Crippen LogP contribution < -0.4 is 11.5 Å². The lowest BCUT2D eigenvalue weighted by Gasteiger charge is -2.10. The van der Waals surface area contributed by atoms with Crippen LogP contribution in [-0.2, 0) is 0 Å². The molecule has 0 spiro atoms. The van der Waals surface area contributed by atoms with Crippen LogP contribution in [-0.4, -0.2) is 15.9 Å². The molecule has 4 N–H and O–H groups in total. The lowest BCUT2D eigenvalue weighted by Crippen LogP contribution is -2.17. The average molecular weight is 297 g/mol. The van der Waals surface area contributed by atoms with Crippen LogP contribution in [0.1, 0.15) is 16.1 Å². The third kappa shape index (κ3) is 2.77. The molecule has 2 rings (SSSR count). The van der Waals surface area contributed by atoms with E-state index in [-0.39, 0.29) is 11.5 Å². The molecule has 1 amide bonds. The number of rotatable bonds is 2. The van der Waals surface area contributed by atoms with E-state index in [1.54, 1.807) is 25.1 Å². The van der Waals surface area contributed by atoms with Crippen LogP contribution in [0.3, 0.4) is 0 Å². The van der Waals surface area contributed by atoms with Crippen molar-refractivity contribution in [2.24, 2.45) is 5.73 Å². The molecule has 7 heteroatoms. The summed E-state index contributed by atoms with van der Waals surface area (Å²) in [6.07, 6.45) is 0. The van der Waals surface area contributed by atoms with Crippen LogP contribution in [0.2, 0.25) is 10.0 Å². The second kappa shape index (κ2) is 5.03. The molecule has 0 bridgehead atoms. The molecule has 0 aliphatic carbocycles. The van der Waals surface area contributed by atoms with E-state index >= 15 is 0 Å². The highest BCUT2D eigenvalue weighted by molar-refractivity contribution is 6.35. The van der Waals surface area contributed by atoms with E-state index in [1.807, 2.05) is 0 Å². The number of aromatic nitrogens is 2. The van der Waals surface area contributed by atoms with Crippen molar-refractivity contribution in [2.75, 3.05) is 5.73 Å². The third-order valence-electron chi connectivity index (χ3n) is 2.49. The Morgan fingerprint density at radius 3 is 2.26 bits per heavy atom. The Balaban J connectivity index is 2.77. The number of carbonyl (C=O) groups excluding carboxylic acids is 1. The number of halogens is 2. The van der Waals surface area contributed by atoms with Crippen molar-refractivity contribution < 1.29 is 4.79 Å². The summed E-state index contributed by atoms with van der Waals surface area (Å²) < 4.78 is 0. The lowest BCUT2D eigenvalue weighted by molar-refractivity contribution is 0.0999. The first-order chi connectivity index (χ1) is 8.88. The Morgan fingerprint density at radius 2 is 1.74 bits per heavy atom. The standard InChI is InChI=1S/C12H10Cl2N4O/c1-5-9(11(15)19)10(18-12(16)17-5)6-2-7(13)4-8(14)3-6/h2-4H,1H3,(H2,15,19)(H2,16,17,18). The van der Waals surface area contributed by atoms with Gasteiger partial charge in [-0.2, -0.15) is 0 Å². The molecule has 0 saturated carbocycles. The summed E-state index contributed by atoms with van der Waals surface area (Å²) in [5.41, 5.74) is 12.4. The zero-order valence-electron chi connectivity index (χ0n) is 9.95. The van der Waals surface area contributed by atoms with E-state index in [1.165, 1.54) is 0 Å². The first-order valence-electron chi connectivity index (χ1n) is 5.29. The highest BCUT2D eigenvalue weighted by atomic mass is 35.5. The average Bonchev–Trinajstić information content (AvgIpc) is 2.25. The van der Waals surface area contributed by atoms with Gasteiger partial charge < -0.3 is 11.5 Å². The molecule has 0 aliphatic rings. The molecule has 0 radical (unpaired) electrons. The quantitative estimate of drug-likeness (QED) is 0.890. The topological polar surface area (TPSA) is 94.9 Å². The van der Waals surface area contributed by atoms with Gasteiger partial charge in [0.25, 0.3) is 5.91 Å². The Bertz CT molecular complexity index is 653. The summed E-state index contributed by atoms with van der Waals surface area (Å²) in [6, 6.07) is 4.83. The number of hydrogen-bond acceptors (Lipinski definition) is 4. The Hall–Kier alpha value is -1.85. The number of amides is 1. The van der Waals surface area contributed by atoms with Crippen LogP contribution in [0.25, 0.3) is 11.3 Å². The summed E-state index contributed by atoms with van der Waals surface area (Å²) in [5, 5.41) is 0.848. The van der Waals surface area contributed by atoms with Crippen molar-refractivity contribution in [3.63, 3.8) is 0 Å². The number of nitrogen functional groups attached to an aromatic ring is 1. The number of aryl methyl sites for hydroxylation is 1. The normalized spacial score (nSPS) is 10.5. The molecule has 0 fully saturated rings. The van der Waals surface area contributed by atoms with E-state index in [4.69, 9.17) is 34.7 Å². The van der Waals surface area contributed by atoms with Gasteiger partial charge >= 0.3 is 0 Å². The van der Waals surface area contributed by atoms with Crippen LogP contribution >= 0.6 is 23.2 Å². The second-order valence-electron chi connectivity index (χ2n) is 3.91. The smallest absolute Gasteiger partial charge is 0.252 e. The maximum absolute atomic E-state index is 11.5. The van der Waals surface area contributed by atoms with Gasteiger partial charge in [0.1, 0.15) is 0 Å². The third-order valence-corrected chi connectivity index (χ3v) is 2.93. The zero-order chi connectivity index (χ0) is 14.2. The van der Waals surface area contributed by atoms with Crippen LogP contribution in [0.5, 0.6) is 0 Å².